The van der Waals surface area contributed by atoms with Crippen molar-refractivity contribution in [1.82, 2.24) is 10.2 Å². The van der Waals surface area contributed by atoms with Gasteiger partial charge in [-0.05, 0) is 25.5 Å². The molecule has 0 fully saturated rings. The maximum atomic E-state index is 6.83. The van der Waals surface area contributed by atoms with Crippen LogP contribution < -0.4 is 0 Å². The second-order valence-corrected chi connectivity index (χ2v) is 2.01. The van der Waals surface area contributed by atoms with Crippen molar-refractivity contribution in [2.75, 3.05) is 0 Å². The Morgan fingerprint density at radius 3 is 3.00 bits per heavy atom. The lowest BCUT2D eigenvalue weighted by atomic mass is 10.1. The van der Waals surface area contributed by atoms with Crippen LogP contribution in [-0.4, -0.2) is 10.2 Å². The Morgan fingerprint density at radius 2 is 2.50 bits per heavy atom. The zero-order chi connectivity index (χ0) is 7.40. The molecule has 0 spiro atoms. The van der Waals surface area contributed by atoms with Crippen LogP contribution in [0.1, 0.15) is 18.5 Å². The Kier molecular flexibility index (Phi) is 2.01. The maximum absolute atomic E-state index is 6.83. The van der Waals surface area contributed by atoms with Gasteiger partial charge in [-0.3, -0.25) is 0 Å². The third-order valence-corrected chi connectivity index (χ3v) is 1.25. The molecule has 2 nitrogen and oxygen atoms in total. The van der Waals surface area contributed by atoms with Gasteiger partial charge in [0.05, 0.1) is 11.6 Å². The fourth-order valence-corrected chi connectivity index (χ4v) is 0.618. The van der Waals surface area contributed by atoms with Crippen molar-refractivity contribution < 1.29 is 0 Å². The molecule has 0 aliphatic rings. The summed E-state index contributed by atoms with van der Waals surface area (Å²) in [6.07, 6.45) is 8.44. The highest BCUT2D eigenvalue weighted by Gasteiger charge is 2.00. The van der Waals surface area contributed by atoms with Crippen molar-refractivity contribution in [2.45, 2.75) is 12.8 Å². The van der Waals surface area contributed by atoms with E-state index in [0.29, 0.717) is 0 Å². The molecule has 0 bridgehead atoms. The molecule has 1 aromatic rings. The van der Waals surface area contributed by atoms with Gasteiger partial charge in [-0.2, -0.15) is 10.2 Å². The minimum atomic E-state index is -0.0475. The van der Waals surface area contributed by atoms with Crippen LogP contribution in [0.5, 0.6) is 0 Å². The summed E-state index contributed by atoms with van der Waals surface area (Å²) in [5, 5.41) is 7.50. The third kappa shape index (κ3) is 1.32. The first-order chi connectivity index (χ1) is 4.84. The van der Waals surface area contributed by atoms with Gasteiger partial charge < -0.3 is 0 Å². The van der Waals surface area contributed by atoms with E-state index >= 15 is 0 Å². The Morgan fingerprint density at radius 1 is 1.70 bits per heavy atom. The molecule has 1 heterocycles. The van der Waals surface area contributed by atoms with Crippen molar-refractivity contribution in [3.05, 3.63) is 30.4 Å². The van der Waals surface area contributed by atoms with Gasteiger partial charge in [-0.15, -0.1) is 0 Å². The van der Waals surface area contributed by atoms with Crippen LogP contribution >= 0.6 is 0 Å². The van der Waals surface area contributed by atoms with Gasteiger partial charge in [0.2, 0.25) is 0 Å². The van der Waals surface area contributed by atoms with Crippen LogP contribution in [0.3, 0.4) is 0 Å². The van der Waals surface area contributed by atoms with E-state index < -0.39 is 0 Å². The summed E-state index contributed by atoms with van der Waals surface area (Å²) in [5.74, 6) is 2.28. The average Bonchev–Trinajstić information content (AvgIpc) is 2.05. The highest BCUT2D eigenvalue weighted by atomic mass is 15.1. The van der Waals surface area contributed by atoms with Crippen molar-refractivity contribution in [1.29, 1.82) is 0 Å². The molecule has 0 aromatic carbocycles. The van der Waals surface area contributed by atoms with E-state index in [0.717, 1.165) is 5.69 Å². The van der Waals surface area contributed by atoms with E-state index in [1.165, 1.54) is 0 Å². The molecule has 49 valence electrons. The molecular weight excluding hydrogens is 124 g/mol. The number of hydrogen-bond donors (Lipinski definition) is 0. The molecule has 10 heavy (non-hydrogen) atoms. The van der Waals surface area contributed by atoms with Crippen LogP contribution in [0.15, 0.2) is 18.3 Å². The smallest absolute Gasteiger partial charge is 0.0778 e. The monoisotopic (exact) mass is 131 g/mol. The molecule has 0 aliphatic heterocycles. The lowest BCUT2D eigenvalue weighted by Gasteiger charge is -1.98. The van der Waals surface area contributed by atoms with Crippen molar-refractivity contribution in [2.24, 2.45) is 0 Å². The third-order valence-electron chi connectivity index (χ3n) is 1.25. The number of hydrogen-bond acceptors (Lipinski definition) is 2. The summed E-state index contributed by atoms with van der Waals surface area (Å²) in [6, 6.07) is 3.63. The highest BCUT2D eigenvalue weighted by molar-refractivity contribution is 5.13. The van der Waals surface area contributed by atoms with Crippen LogP contribution in [0.2, 0.25) is 0 Å². The molecule has 0 aliphatic carbocycles. The predicted octanol–water partition coefficient (Wildman–Crippen LogP) is 1.17. The minimum absolute atomic E-state index is 0.0475. The van der Waals surface area contributed by atoms with E-state index in [1.807, 2.05) is 13.0 Å². The Bertz CT molecular complexity index is 235. The lowest BCUT2D eigenvalue weighted by molar-refractivity contribution is 0.864. The van der Waals surface area contributed by atoms with Gasteiger partial charge >= 0.3 is 0 Å². The van der Waals surface area contributed by atoms with E-state index in [4.69, 9.17) is 6.42 Å². The molecule has 2 heteroatoms. The lowest BCUT2D eigenvalue weighted by Crippen LogP contribution is -1.94. The molecule has 1 atom stereocenters. The molecular formula is C8H7N2. The van der Waals surface area contributed by atoms with Crippen LogP contribution in [0.25, 0.3) is 0 Å². The topological polar surface area (TPSA) is 25.8 Å². The van der Waals surface area contributed by atoms with Crippen LogP contribution in [0.4, 0.5) is 0 Å². The molecule has 1 radical (unpaired) electrons. The largest absolute Gasteiger partial charge is 0.159 e. The SMILES string of the molecule is [C]#CC(C)c1cccnn1. The highest BCUT2D eigenvalue weighted by Crippen LogP contribution is 2.07. The van der Waals surface area contributed by atoms with E-state index in [-0.39, 0.29) is 5.92 Å². The van der Waals surface area contributed by atoms with Gasteiger partial charge in [-0.1, -0.05) is 5.92 Å². The summed E-state index contributed by atoms with van der Waals surface area (Å²) >= 11 is 0. The molecule has 0 N–H and O–H groups in total. The Balaban J connectivity index is 2.88. The maximum Gasteiger partial charge on any atom is 0.0778 e. The normalized spacial score (nSPS) is 12.0. The second-order valence-electron chi connectivity index (χ2n) is 2.01. The Hall–Kier alpha value is -1.36. The van der Waals surface area contributed by atoms with E-state index in [1.54, 1.807) is 12.3 Å². The first kappa shape index (κ1) is 6.76. The zero-order valence-corrected chi connectivity index (χ0v) is 5.70. The summed E-state index contributed by atoms with van der Waals surface area (Å²) in [5.41, 5.74) is 0.789. The standard InChI is InChI=1S/C8H7N2/c1-3-7(2)8-5-4-6-9-10-8/h4-7H,2H3. The van der Waals surface area contributed by atoms with Crippen molar-refractivity contribution in [3.63, 3.8) is 0 Å². The molecule has 1 rings (SSSR count). The Labute approximate surface area is 60.3 Å². The molecule has 0 saturated heterocycles. The van der Waals surface area contributed by atoms with Gasteiger partial charge in [0.1, 0.15) is 0 Å². The summed E-state index contributed by atoms with van der Waals surface area (Å²) < 4.78 is 0. The second kappa shape index (κ2) is 2.98. The predicted molar refractivity (Wildman–Crippen MR) is 37.6 cm³/mol. The summed E-state index contributed by atoms with van der Waals surface area (Å²) in [4.78, 5) is 0. The molecule has 0 amide bonds. The summed E-state index contributed by atoms with van der Waals surface area (Å²) in [7, 11) is 0. The van der Waals surface area contributed by atoms with Crippen molar-refractivity contribution >= 4 is 0 Å². The van der Waals surface area contributed by atoms with E-state index in [2.05, 4.69) is 16.1 Å². The number of aromatic nitrogens is 2. The van der Waals surface area contributed by atoms with Gasteiger partial charge in [0.15, 0.2) is 0 Å². The van der Waals surface area contributed by atoms with Crippen molar-refractivity contribution in [3.8, 4) is 5.92 Å². The molecule has 1 aromatic heterocycles. The van der Waals surface area contributed by atoms with E-state index in [9.17, 15) is 0 Å². The average molecular weight is 131 g/mol. The quantitative estimate of drug-likeness (QED) is 0.534. The van der Waals surface area contributed by atoms with Crippen LogP contribution in [-0.2, 0) is 0 Å². The number of nitrogens with zero attached hydrogens (tertiary/aromatic N) is 2. The number of rotatable bonds is 1. The van der Waals surface area contributed by atoms with Gasteiger partial charge in [-0.25, -0.2) is 0 Å². The van der Waals surface area contributed by atoms with Gasteiger partial charge in [0.25, 0.3) is 0 Å². The zero-order valence-electron chi connectivity index (χ0n) is 5.70. The first-order valence-corrected chi connectivity index (χ1v) is 3.04. The fraction of sp³-hybridized carbons (Fsp3) is 0.250. The summed E-state index contributed by atoms with van der Waals surface area (Å²) in [6.45, 7) is 1.86. The van der Waals surface area contributed by atoms with Crippen LogP contribution in [0, 0.1) is 12.3 Å². The molecule has 0 saturated carbocycles. The molecule has 1 unspecified atom stereocenters. The minimum Gasteiger partial charge on any atom is -0.159 e. The van der Waals surface area contributed by atoms with Gasteiger partial charge in [0, 0.05) is 6.20 Å². The first-order valence-electron chi connectivity index (χ1n) is 3.04. The fourth-order valence-electron chi connectivity index (χ4n) is 0.618.